The minimum Gasteiger partial charge on any atom is -0.479 e. The molecule has 0 aromatic rings. The second kappa shape index (κ2) is 14.9. The van der Waals surface area contributed by atoms with Gasteiger partial charge in [-0.05, 0) is 92.8 Å². The highest BCUT2D eigenvalue weighted by atomic mass is 16.7. The van der Waals surface area contributed by atoms with Crippen molar-refractivity contribution in [2.24, 2.45) is 50.2 Å². The number of aliphatic hydroxyl groups is 6. The number of hydrogen-bond donors (Lipinski definition) is 7. The molecular formula is C43H66O14. The minimum absolute atomic E-state index is 0.0834. The molecule has 1 unspecified atom stereocenters. The van der Waals surface area contributed by atoms with E-state index in [0.29, 0.717) is 37.7 Å². The van der Waals surface area contributed by atoms with Gasteiger partial charge in [-0.25, -0.2) is 9.59 Å². The Hall–Kier alpha value is -2.43. The Balaban J connectivity index is 1.36. The van der Waals surface area contributed by atoms with Crippen molar-refractivity contribution in [1.82, 2.24) is 0 Å². The first kappa shape index (κ1) is 44.1. The molecule has 1 heterocycles. The smallest absolute Gasteiger partial charge is 0.335 e. The lowest BCUT2D eigenvalue weighted by Gasteiger charge is -2.72. The van der Waals surface area contributed by atoms with Gasteiger partial charge < -0.3 is 54.7 Å². The molecule has 0 aromatic heterocycles. The predicted octanol–water partition coefficient (Wildman–Crippen LogP) is 3.03. The number of aliphatic carboxylic acids is 1. The first-order chi connectivity index (χ1) is 26.4. The van der Waals surface area contributed by atoms with Gasteiger partial charge in [-0.3, -0.25) is 4.79 Å². The summed E-state index contributed by atoms with van der Waals surface area (Å²) in [6.45, 7) is 16.6. The number of aliphatic hydroxyl groups excluding tert-OH is 6. The normalized spacial score (nSPS) is 49.2. The summed E-state index contributed by atoms with van der Waals surface area (Å²) in [5.74, 6) is -3.06. The van der Waals surface area contributed by atoms with Crippen LogP contribution in [0.25, 0.3) is 0 Å². The number of fused-ring (bicyclic) bond motifs is 7. The zero-order chi connectivity index (χ0) is 42.4. The Morgan fingerprint density at radius 3 is 2.11 bits per heavy atom. The molecule has 0 spiro atoms. The number of carboxylic acids is 1. The SMILES string of the molecule is C/C=C(\C)C(=O)O[C@H]1C(OC(C)=O)[C@]2(CO)[C@@H](O)C[C@]3(C)C(=CC[C@@H]4[C@@]5(C)CC[C@H](O[C@@H]6O[C@H](C(=O)O)[C@@H](O)[C@H](O)[C@H]6O)[C@@](C)(CO)[C@@H]5CC[C@]43C)[C@@H]2CC1(C)C. The lowest BCUT2D eigenvalue weighted by atomic mass is 9.33. The van der Waals surface area contributed by atoms with Gasteiger partial charge in [0.05, 0.1) is 30.8 Å². The van der Waals surface area contributed by atoms with Crippen molar-refractivity contribution in [3.05, 3.63) is 23.3 Å². The molecule has 14 heteroatoms. The van der Waals surface area contributed by atoms with Crippen LogP contribution in [0.3, 0.4) is 0 Å². The lowest BCUT2D eigenvalue weighted by Crippen LogP contribution is -2.72. The maximum Gasteiger partial charge on any atom is 0.335 e. The summed E-state index contributed by atoms with van der Waals surface area (Å²) in [4.78, 5) is 37.8. The Bertz CT molecular complexity index is 1660. The minimum atomic E-state index is -1.85. The molecule has 0 amide bonds. The first-order valence-electron chi connectivity index (χ1n) is 20.6. The molecule has 57 heavy (non-hydrogen) atoms. The number of hydrogen-bond acceptors (Lipinski definition) is 13. The number of ether oxygens (including phenoxy) is 4. The average molecular weight is 807 g/mol. The van der Waals surface area contributed by atoms with Crippen LogP contribution in [0.1, 0.15) is 107 Å². The van der Waals surface area contributed by atoms with E-state index in [2.05, 4.69) is 26.8 Å². The molecule has 7 N–H and O–H groups in total. The predicted molar refractivity (Wildman–Crippen MR) is 204 cm³/mol. The summed E-state index contributed by atoms with van der Waals surface area (Å²) in [5, 5.41) is 76.3. The van der Waals surface area contributed by atoms with Gasteiger partial charge in [0.2, 0.25) is 0 Å². The highest BCUT2D eigenvalue weighted by molar-refractivity contribution is 5.87. The highest BCUT2D eigenvalue weighted by Gasteiger charge is 2.74. The van der Waals surface area contributed by atoms with E-state index in [9.17, 15) is 50.1 Å². The molecule has 6 rings (SSSR count). The molecule has 1 aliphatic heterocycles. The van der Waals surface area contributed by atoms with Crippen molar-refractivity contribution < 1.29 is 69.1 Å². The van der Waals surface area contributed by atoms with Gasteiger partial charge in [0, 0.05) is 23.3 Å². The van der Waals surface area contributed by atoms with E-state index in [-0.39, 0.29) is 35.7 Å². The molecule has 1 saturated heterocycles. The summed E-state index contributed by atoms with van der Waals surface area (Å²) in [6.07, 6.45) is -4.71. The van der Waals surface area contributed by atoms with Crippen LogP contribution in [0.5, 0.6) is 0 Å². The fraction of sp³-hybridized carbons (Fsp3) is 0.837. The summed E-state index contributed by atoms with van der Waals surface area (Å²) >= 11 is 0. The fourth-order valence-electron chi connectivity index (χ4n) is 13.3. The molecule has 4 saturated carbocycles. The number of carbonyl (C=O) groups is 3. The van der Waals surface area contributed by atoms with Crippen molar-refractivity contribution in [3.8, 4) is 0 Å². The average Bonchev–Trinajstić information content (AvgIpc) is 3.13. The van der Waals surface area contributed by atoms with Crippen molar-refractivity contribution >= 4 is 17.9 Å². The van der Waals surface area contributed by atoms with Crippen LogP contribution in [0, 0.1) is 50.2 Å². The van der Waals surface area contributed by atoms with Gasteiger partial charge in [-0.15, -0.1) is 0 Å². The number of esters is 2. The van der Waals surface area contributed by atoms with Crippen LogP contribution < -0.4 is 0 Å². The summed E-state index contributed by atoms with van der Waals surface area (Å²) in [6, 6.07) is 0. The largest absolute Gasteiger partial charge is 0.479 e. The number of carbonyl (C=O) groups excluding carboxylic acids is 2. The Labute approximate surface area is 335 Å². The monoisotopic (exact) mass is 806 g/mol. The van der Waals surface area contributed by atoms with E-state index in [1.54, 1.807) is 19.9 Å². The highest BCUT2D eigenvalue weighted by Crippen LogP contribution is 2.76. The zero-order valence-corrected chi connectivity index (χ0v) is 34.9. The molecule has 5 fully saturated rings. The Morgan fingerprint density at radius 2 is 1.53 bits per heavy atom. The van der Waals surface area contributed by atoms with Crippen molar-refractivity contribution in [2.45, 2.75) is 162 Å². The molecule has 0 radical (unpaired) electrons. The van der Waals surface area contributed by atoms with Crippen LogP contribution in [0.4, 0.5) is 0 Å². The van der Waals surface area contributed by atoms with E-state index in [1.807, 2.05) is 20.8 Å². The maximum atomic E-state index is 13.2. The molecule has 5 aliphatic carbocycles. The second-order valence-electron chi connectivity index (χ2n) is 19.9. The van der Waals surface area contributed by atoms with Crippen LogP contribution in [-0.4, -0.2) is 122 Å². The quantitative estimate of drug-likeness (QED) is 0.0810. The van der Waals surface area contributed by atoms with Crippen molar-refractivity contribution in [3.63, 3.8) is 0 Å². The van der Waals surface area contributed by atoms with E-state index in [1.165, 1.54) is 6.92 Å². The first-order valence-corrected chi connectivity index (χ1v) is 20.6. The van der Waals surface area contributed by atoms with Crippen LogP contribution >= 0.6 is 0 Å². The van der Waals surface area contributed by atoms with Gasteiger partial charge in [0.15, 0.2) is 12.4 Å². The van der Waals surface area contributed by atoms with E-state index >= 15 is 0 Å². The standard InChI is InChI=1S/C43H66O14/c1-10-21(2)36(53)57-33-34(54-22(3)46)43(20-45)24(17-38(33,4)5)23-11-12-26-39(6)15-14-28(55-37-31(50)29(48)30(49)32(56-37)35(51)52)40(7,19-44)25(39)13-16-41(26,8)42(23,9)18-27(43)47/h10-11,24-34,37,44-45,47-50H,12-20H2,1-9H3,(H,51,52)/b21-10+/t24-,25+,26+,27-,28-,29-,30-,31+,32-,33-,34?,37+,39-,40-,41+,42+,43-/m0/s1. The molecular weight excluding hydrogens is 740 g/mol. The van der Waals surface area contributed by atoms with Gasteiger partial charge in [-0.2, -0.15) is 0 Å². The molecule has 0 aromatic carbocycles. The van der Waals surface area contributed by atoms with Crippen molar-refractivity contribution in [1.29, 1.82) is 0 Å². The summed E-state index contributed by atoms with van der Waals surface area (Å²) in [5.41, 5.74) is -2.67. The third kappa shape index (κ3) is 6.37. The second-order valence-corrected chi connectivity index (χ2v) is 19.9. The van der Waals surface area contributed by atoms with Crippen molar-refractivity contribution in [2.75, 3.05) is 13.2 Å². The maximum absolute atomic E-state index is 13.2. The summed E-state index contributed by atoms with van der Waals surface area (Å²) in [7, 11) is 0. The van der Waals surface area contributed by atoms with E-state index < -0.39 is 107 Å². The third-order valence-corrected chi connectivity index (χ3v) is 16.8. The fourth-order valence-corrected chi connectivity index (χ4v) is 13.3. The van der Waals surface area contributed by atoms with Gasteiger partial charge in [-0.1, -0.05) is 59.3 Å². The van der Waals surface area contributed by atoms with Crippen LogP contribution in [0.2, 0.25) is 0 Å². The van der Waals surface area contributed by atoms with E-state index in [4.69, 9.17) is 18.9 Å². The molecule has 17 atom stereocenters. The topological polar surface area (TPSA) is 230 Å². The van der Waals surface area contributed by atoms with Crippen LogP contribution in [0.15, 0.2) is 23.3 Å². The van der Waals surface area contributed by atoms with E-state index in [0.717, 1.165) is 12.0 Å². The van der Waals surface area contributed by atoms with Gasteiger partial charge in [0.25, 0.3) is 0 Å². The van der Waals surface area contributed by atoms with Gasteiger partial charge >= 0.3 is 17.9 Å². The Kier molecular flexibility index (Phi) is 11.6. The van der Waals surface area contributed by atoms with Crippen LogP contribution in [-0.2, 0) is 33.3 Å². The molecule has 0 bridgehead atoms. The zero-order valence-electron chi connectivity index (χ0n) is 34.9. The van der Waals surface area contributed by atoms with Gasteiger partial charge in [0.1, 0.15) is 30.5 Å². The number of allylic oxidation sites excluding steroid dienone is 3. The number of carboxylic acid groups (broad SMARTS) is 1. The molecule has 14 nitrogen and oxygen atoms in total. The molecule has 6 aliphatic rings. The molecule has 322 valence electrons. The Morgan fingerprint density at radius 1 is 0.860 bits per heavy atom. The summed E-state index contributed by atoms with van der Waals surface area (Å²) < 4.78 is 24.0. The third-order valence-electron chi connectivity index (χ3n) is 16.8. The lowest BCUT2D eigenvalue weighted by molar-refractivity contribution is -0.328. The number of rotatable bonds is 8.